The van der Waals surface area contributed by atoms with Gasteiger partial charge < -0.3 is 14.5 Å². The summed E-state index contributed by atoms with van der Waals surface area (Å²) >= 11 is 4.75. The summed E-state index contributed by atoms with van der Waals surface area (Å²) in [5.74, 6) is -0.970. The molecule has 2 N–H and O–H groups in total. The Morgan fingerprint density at radius 3 is 3.00 bits per heavy atom. The van der Waals surface area contributed by atoms with Crippen LogP contribution in [0.15, 0.2) is 22.6 Å². The third-order valence-corrected chi connectivity index (χ3v) is 1.85. The maximum atomic E-state index is 10.6. The fourth-order valence-corrected chi connectivity index (χ4v) is 1.28. The summed E-state index contributed by atoms with van der Waals surface area (Å²) in [6.45, 7) is 0. The van der Waals surface area contributed by atoms with Crippen molar-refractivity contribution in [3.63, 3.8) is 0 Å². The molecule has 2 aromatic rings. The molecule has 0 aliphatic carbocycles. The Bertz CT molecular complexity index is 525. The van der Waals surface area contributed by atoms with Crippen LogP contribution < -0.4 is 0 Å². The fraction of sp³-hybridized carbons (Fsp3) is 0. The van der Waals surface area contributed by atoms with Crippen LogP contribution in [0.1, 0.15) is 10.4 Å². The van der Waals surface area contributed by atoms with E-state index in [1.165, 1.54) is 12.1 Å². The van der Waals surface area contributed by atoms with Gasteiger partial charge in [0.1, 0.15) is 0 Å². The van der Waals surface area contributed by atoms with E-state index in [9.17, 15) is 4.79 Å². The molecule has 1 aromatic carbocycles. The standard InChI is InChI=1S/C8H5NO3S/c10-7(11)4-1-2-6-5(3-4)9-8(13)12-6/h1-3H,(H,9,13)(H,10,11). The minimum Gasteiger partial charge on any atom is -0.478 e. The zero-order valence-electron chi connectivity index (χ0n) is 6.40. The maximum absolute atomic E-state index is 10.6. The highest BCUT2D eigenvalue weighted by molar-refractivity contribution is 7.71. The van der Waals surface area contributed by atoms with E-state index in [4.69, 9.17) is 21.7 Å². The van der Waals surface area contributed by atoms with Crippen LogP contribution in [-0.2, 0) is 0 Å². The molecule has 4 nitrogen and oxygen atoms in total. The zero-order valence-corrected chi connectivity index (χ0v) is 7.22. The van der Waals surface area contributed by atoms with Gasteiger partial charge in [-0.3, -0.25) is 0 Å². The molecule has 1 heterocycles. The van der Waals surface area contributed by atoms with Crippen molar-refractivity contribution < 1.29 is 14.3 Å². The number of carboxylic acid groups (broad SMARTS) is 1. The van der Waals surface area contributed by atoms with E-state index in [1.807, 2.05) is 0 Å². The Balaban J connectivity index is 2.74. The number of aromatic carboxylic acids is 1. The molecule has 0 aliphatic rings. The Labute approximate surface area is 77.8 Å². The SMILES string of the molecule is O=C(O)c1ccc2oc(=S)[nH]c2c1. The van der Waals surface area contributed by atoms with E-state index in [0.29, 0.717) is 11.1 Å². The number of oxazole rings is 1. The van der Waals surface area contributed by atoms with Crippen molar-refractivity contribution in [1.29, 1.82) is 0 Å². The summed E-state index contributed by atoms with van der Waals surface area (Å²) < 4.78 is 5.07. The highest BCUT2D eigenvalue weighted by Gasteiger charge is 2.05. The number of benzene rings is 1. The molecule has 0 spiro atoms. The highest BCUT2D eigenvalue weighted by atomic mass is 32.1. The average Bonchev–Trinajstić information content (AvgIpc) is 2.42. The molecule has 0 bridgehead atoms. The second-order valence-corrected chi connectivity index (χ2v) is 2.90. The average molecular weight is 195 g/mol. The van der Waals surface area contributed by atoms with Crippen LogP contribution >= 0.6 is 12.2 Å². The number of carbonyl (C=O) groups is 1. The summed E-state index contributed by atoms with van der Waals surface area (Å²) in [4.78, 5) is 13.6. The molecule has 2 rings (SSSR count). The lowest BCUT2D eigenvalue weighted by Gasteiger charge is -1.91. The number of aromatic amines is 1. The molecule has 0 radical (unpaired) electrons. The van der Waals surface area contributed by atoms with Crippen LogP contribution in [0.5, 0.6) is 0 Å². The molecule has 0 fully saturated rings. The van der Waals surface area contributed by atoms with Gasteiger partial charge in [-0.2, -0.15) is 0 Å². The van der Waals surface area contributed by atoms with Crippen molar-refractivity contribution in [3.05, 3.63) is 28.6 Å². The Hall–Kier alpha value is -1.62. The first kappa shape index (κ1) is 8.00. The van der Waals surface area contributed by atoms with Gasteiger partial charge in [0.25, 0.3) is 4.84 Å². The molecule has 0 saturated carbocycles. The predicted molar refractivity (Wildman–Crippen MR) is 48.4 cm³/mol. The van der Waals surface area contributed by atoms with Crippen LogP contribution in [0.4, 0.5) is 0 Å². The molecular weight excluding hydrogens is 190 g/mol. The van der Waals surface area contributed by atoms with Gasteiger partial charge in [0.2, 0.25) is 0 Å². The van der Waals surface area contributed by atoms with Crippen LogP contribution in [0.25, 0.3) is 11.1 Å². The summed E-state index contributed by atoms with van der Waals surface area (Å²) in [5.41, 5.74) is 1.37. The summed E-state index contributed by atoms with van der Waals surface area (Å²) in [6.07, 6.45) is 0. The number of H-pyrrole nitrogens is 1. The van der Waals surface area contributed by atoms with Crippen LogP contribution in [0, 0.1) is 4.84 Å². The zero-order chi connectivity index (χ0) is 9.42. The molecule has 13 heavy (non-hydrogen) atoms. The highest BCUT2D eigenvalue weighted by Crippen LogP contribution is 2.14. The monoisotopic (exact) mass is 195 g/mol. The molecule has 5 heteroatoms. The molecule has 0 atom stereocenters. The summed E-state index contributed by atoms with van der Waals surface area (Å²) in [6, 6.07) is 4.53. The van der Waals surface area contributed by atoms with E-state index in [0.717, 1.165) is 0 Å². The normalized spacial score (nSPS) is 10.5. The number of carboxylic acids is 1. The number of aromatic nitrogens is 1. The number of nitrogens with one attached hydrogen (secondary N) is 1. The quantitative estimate of drug-likeness (QED) is 0.684. The Kier molecular flexibility index (Phi) is 1.66. The van der Waals surface area contributed by atoms with Crippen molar-refractivity contribution in [3.8, 4) is 0 Å². The second-order valence-electron chi connectivity index (χ2n) is 2.53. The van der Waals surface area contributed by atoms with Crippen molar-refractivity contribution in [2.24, 2.45) is 0 Å². The maximum Gasteiger partial charge on any atom is 0.335 e. The van der Waals surface area contributed by atoms with Gasteiger partial charge in [-0.25, -0.2) is 4.79 Å². The lowest BCUT2D eigenvalue weighted by Crippen LogP contribution is -1.94. The van der Waals surface area contributed by atoms with E-state index in [-0.39, 0.29) is 10.4 Å². The van der Waals surface area contributed by atoms with Crippen molar-refractivity contribution in [2.75, 3.05) is 0 Å². The molecule has 0 aliphatic heterocycles. The molecule has 0 saturated heterocycles. The largest absolute Gasteiger partial charge is 0.478 e. The lowest BCUT2D eigenvalue weighted by atomic mass is 10.2. The lowest BCUT2D eigenvalue weighted by molar-refractivity contribution is 0.0697. The first-order valence-electron chi connectivity index (χ1n) is 3.53. The minimum absolute atomic E-state index is 0.208. The van der Waals surface area contributed by atoms with Crippen LogP contribution in [-0.4, -0.2) is 16.1 Å². The van der Waals surface area contributed by atoms with Crippen molar-refractivity contribution in [1.82, 2.24) is 4.98 Å². The third-order valence-electron chi connectivity index (χ3n) is 1.67. The molecule has 1 aromatic heterocycles. The van der Waals surface area contributed by atoms with E-state index < -0.39 is 5.97 Å². The fourth-order valence-electron chi connectivity index (χ4n) is 1.09. The number of fused-ring (bicyclic) bond motifs is 1. The second kappa shape index (κ2) is 2.70. The van der Waals surface area contributed by atoms with E-state index >= 15 is 0 Å². The van der Waals surface area contributed by atoms with Gasteiger partial charge in [-0.1, -0.05) is 0 Å². The first-order valence-corrected chi connectivity index (χ1v) is 3.94. The van der Waals surface area contributed by atoms with Crippen molar-refractivity contribution in [2.45, 2.75) is 0 Å². The third kappa shape index (κ3) is 1.33. The summed E-state index contributed by atoms with van der Waals surface area (Å²) in [5, 5.41) is 8.68. The number of hydrogen-bond acceptors (Lipinski definition) is 3. The minimum atomic E-state index is -0.970. The van der Waals surface area contributed by atoms with Gasteiger partial charge in [0, 0.05) is 0 Å². The Morgan fingerprint density at radius 1 is 1.54 bits per heavy atom. The van der Waals surface area contributed by atoms with Gasteiger partial charge >= 0.3 is 5.97 Å². The van der Waals surface area contributed by atoms with Gasteiger partial charge in [0.15, 0.2) is 5.58 Å². The number of rotatable bonds is 1. The molecule has 0 amide bonds. The predicted octanol–water partition coefficient (Wildman–Crippen LogP) is 2.19. The topological polar surface area (TPSA) is 66.2 Å². The van der Waals surface area contributed by atoms with Gasteiger partial charge in [-0.15, -0.1) is 0 Å². The van der Waals surface area contributed by atoms with Crippen LogP contribution in [0.2, 0.25) is 0 Å². The Morgan fingerprint density at radius 2 is 2.31 bits per heavy atom. The smallest absolute Gasteiger partial charge is 0.335 e. The van der Waals surface area contributed by atoms with Gasteiger partial charge in [-0.05, 0) is 30.4 Å². The van der Waals surface area contributed by atoms with E-state index in [1.54, 1.807) is 6.07 Å². The first-order chi connectivity index (χ1) is 6.16. The van der Waals surface area contributed by atoms with Gasteiger partial charge in [0.05, 0.1) is 11.1 Å². The van der Waals surface area contributed by atoms with E-state index in [2.05, 4.69) is 4.98 Å². The number of hydrogen-bond donors (Lipinski definition) is 2. The summed E-state index contributed by atoms with van der Waals surface area (Å²) in [7, 11) is 0. The molecule has 66 valence electrons. The van der Waals surface area contributed by atoms with Crippen LogP contribution in [0.3, 0.4) is 0 Å². The molecular formula is C8H5NO3S. The molecule has 0 unspecified atom stereocenters. The van der Waals surface area contributed by atoms with Crippen molar-refractivity contribution >= 4 is 29.3 Å².